The van der Waals surface area contributed by atoms with E-state index in [1.165, 1.54) is 6.92 Å². The summed E-state index contributed by atoms with van der Waals surface area (Å²) in [5, 5.41) is 60.8. The highest BCUT2D eigenvalue weighted by molar-refractivity contribution is 6.41. The Kier molecular flexibility index (Phi) is 21.1. The molecule has 0 bridgehead atoms. The third kappa shape index (κ3) is 16.5. The van der Waals surface area contributed by atoms with Gasteiger partial charge in [-0.15, -0.1) is 0 Å². The van der Waals surface area contributed by atoms with Crippen molar-refractivity contribution < 1.29 is 77.6 Å². The van der Waals surface area contributed by atoms with Crippen molar-refractivity contribution >= 4 is 66.8 Å². The van der Waals surface area contributed by atoms with Gasteiger partial charge in [-0.2, -0.15) is 0 Å². The van der Waals surface area contributed by atoms with Crippen molar-refractivity contribution in [3.63, 3.8) is 0 Å². The van der Waals surface area contributed by atoms with Crippen molar-refractivity contribution in [3.05, 3.63) is 39.4 Å². The van der Waals surface area contributed by atoms with Crippen LogP contribution in [0, 0.1) is 13.8 Å². The molecular weight excluding hydrogens is 825 g/mol. The zero-order valence-electron chi connectivity index (χ0n) is 35.1. The Morgan fingerprint density at radius 2 is 1.10 bits per heavy atom. The molecule has 1 aliphatic rings. The number of carbonyl (C=O) groups is 8. The molecule has 8 N–H and O–H groups in total. The third-order valence-electron chi connectivity index (χ3n) is 10.4. The molecule has 1 aromatic heterocycles. The minimum atomic E-state index is -2.91. The molecule has 2 amide bonds. The fraction of sp³-hybridized carbons (Fsp3) is 0.564. The first-order chi connectivity index (χ1) is 29.0. The second-order valence-electron chi connectivity index (χ2n) is 14.8. The van der Waals surface area contributed by atoms with Crippen molar-refractivity contribution in [1.82, 2.24) is 24.9 Å². The van der Waals surface area contributed by atoms with Crippen LogP contribution in [-0.2, 0) is 44.8 Å². The summed E-state index contributed by atoms with van der Waals surface area (Å²) in [6.07, 6.45) is 3.05. The number of carboxylic acids is 6. The zero-order chi connectivity index (χ0) is 46.8. The van der Waals surface area contributed by atoms with Gasteiger partial charge in [-0.05, 0) is 107 Å². The topological polar surface area (TPSA) is 306 Å². The van der Waals surface area contributed by atoms with Crippen LogP contribution < -0.4 is 10.6 Å². The van der Waals surface area contributed by atoms with E-state index in [1.54, 1.807) is 26.8 Å². The predicted molar refractivity (Wildman–Crippen MR) is 219 cm³/mol. The Morgan fingerprint density at radius 3 is 1.48 bits per heavy atom. The van der Waals surface area contributed by atoms with Crippen LogP contribution in [0.2, 0.25) is 0 Å². The van der Waals surface area contributed by atoms with E-state index in [9.17, 15) is 57.2 Å². The summed E-state index contributed by atoms with van der Waals surface area (Å²) in [5.41, 5.74) is 4.00. The van der Waals surface area contributed by atoms with Crippen molar-refractivity contribution in [2.24, 2.45) is 4.99 Å². The average molecular weight is 881 g/mol. The Balaban J connectivity index is 2.00. The molecule has 1 aromatic rings. The number of aliphatic imine (C=N–C) groups is 1. The minimum absolute atomic E-state index is 0.0342. The quantitative estimate of drug-likeness (QED) is 0.0406. The first-order valence-corrected chi connectivity index (χ1v) is 19.9. The summed E-state index contributed by atoms with van der Waals surface area (Å²) < 4.78 is 29.8. The molecule has 1 aliphatic heterocycles. The number of allylic oxidation sites excluding steroid dienone is 2. The van der Waals surface area contributed by atoms with Gasteiger partial charge in [-0.25, -0.2) is 0 Å². The molecule has 62 heavy (non-hydrogen) atoms. The maximum absolute atomic E-state index is 14.5. The molecule has 0 aromatic carbocycles. The van der Waals surface area contributed by atoms with Crippen LogP contribution >= 0.6 is 0 Å². The lowest BCUT2D eigenvalue weighted by Gasteiger charge is -2.25. The number of hydrogen-bond acceptors (Lipinski definition) is 11. The molecular formula is C39H55BF2N6O14. The number of amides is 2. The molecule has 342 valence electrons. The van der Waals surface area contributed by atoms with E-state index in [-0.39, 0.29) is 87.7 Å². The predicted octanol–water partition coefficient (Wildman–Crippen LogP) is 2.14. The number of carbonyl (C=O) groups excluding carboxylic acids is 2. The Hall–Kier alpha value is -5.97. The molecule has 20 nitrogen and oxygen atoms in total. The molecule has 0 radical (unpaired) electrons. The molecule has 0 saturated heterocycles. The van der Waals surface area contributed by atoms with E-state index in [2.05, 4.69) is 15.6 Å². The van der Waals surface area contributed by atoms with Crippen molar-refractivity contribution in [2.45, 2.75) is 104 Å². The summed E-state index contributed by atoms with van der Waals surface area (Å²) in [7, 11) is -2.91. The lowest BCUT2D eigenvalue weighted by atomic mass is 10.00. The number of rotatable bonds is 30. The SMILES string of the molecule is CC1=N/C(=C\c2c(C)c(CCC(=O)NCCCCC(C(=O)O)N(CC(=O)O)CC(=O)O)c(C)n2B(F)F)C(C)=C1CCC(=O)NCCCCC(C(=O)O)N(CC(=O)O)CC(=O)O. The fourth-order valence-corrected chi connectivity index (χ4v) is 7.33. The van der Waals surface area contributed by atoms with Crippen LogP contribution in [0.5, 0.6) is 0 Å². The molecule has 2 heterocycles. The second-order valence-corrected chi connectivity index (χ2v) is 14.8. The van der Waals surface area contributed by atoms with Gasteiger partial charge in [0, 0.05) is 43.0 Å². The number of nitrogens with zero attached hydrogens (tertiary/aromatic N) is 4. The van der Waals surface area contributed by atoms with Gasteiger partial charge in [-0.3, -0.25) is 61.8 Å². The minimum Gasteiger partial charge on any atom is -0.480 e. The highest BCUT2D eigenvalue weighted by Crippen LogP contribution is 2.33. The molecule has 2 unspecified atom stereocenters. The highest BCUT2D eigenvalue weighted by atomic mass is 19.2. The number of aromatic nitrogens is 1. The van der Waals surface area contributed by atoms with E-state index in [1.807, 2.05) is 0 Å². The van der Waals surface area contributed by atoms with Gasteiger partial charge in [0.1, 0.15) is 12.1 Å². The lowest BCUT2D eigenvalue weighted by Crippen LogP contribution is -2.46. The molecule has 23 heteroatoms. The van der Waals surface area contributed by atoms with Gasteiger partial charge in [0.15, 0.2) is 0 Å². The monoisotopic (exact) mass is 880 g/mol. The summed E-state index contributed by atoms with van der Waals surface area (Å²) in [4.78, 5) is 99.6. The van der Waals surface area contributed by atoms with Gasteiger partial charge < -0.3 is 45.8 Å². The van der Waals surface area contributed by atoms with Crippen molar-refractivity contribution in [3.8, 4) is 0 Å². The Labute approximate surface area is 356 Å². The number of unbranched alkanes of at least 4 members (excludes halogenated alkanes) is 2. The fourth-order valence-electron chi connectivity index (χ4n) is 7.33. The average Bonchev–Trinajstić information content (AvgIpc) is 3.55. The summed E-state index contributed by atoms with van der Waals surface area (Å²) in [6.45, 7) is 3.96. The summed E-state index contributed by atoms with van der Waals surface area (Å²) in [5.74, 6) is -8.91. The molecule has 2 atom stereocenters. The maximum atomic E-state index is 14.5. The zero-order valence-corrected chi connectivity index (χ0v) is 35.1. The summed E-state index contributed by atoms with van der Waals surface area (Å²) in [6, 6.07) is -2.69. The van der Waals surface area contributed by atoms with Gasteiger partial charge in [0.25, 0.3) is 0 Å². The van der Waals surface area contributed by atoms with Gasteiger partial charge in [-0.1, -0.05) is 0 Å². The van der Waals surface area contributed by atoms with Crippen LogP contribution in [0.15, 0.2) is 21.8 Å². The second kappa shape index (κ2) is 25.1. The summed E-state index contributed by atoms with van der Waals surface area (Å²) >= 11 is 0. The normalized spacial score (nSPS) is 14.2. The molecule has 0 fully saturated rings. The molecule has 0 spiro atoms. The van der Waals surface area contributed by atoms with Crippen molar-refractivity contribution in [2.75, 3.05) is 39.3 Å². The highest BCUT2D eigenvalue weighted by Gasteiger charge is 2.31. The standard InChI is InChI=1S/C39H55BF2N6O14/c1-22-26(11-13-32(49)43-15-7-5-9-29(38(59)60)46(18-34(51)52)19-35(53)54)24(3)45-28(22)17-31-23(2)27(25(4)48(31)40(41)42)12-14-33(50)44-16-8-6-10-30(39(61)62)47(20-36(55)56)21-37(57)58/h17,29-30H,5-16,18-21H2,1-4H3,(H,43,49)(H,44,50)(H,51,52)(H,53,54)(H,55,56)(H,57,58)(H,59,60)(H,61,62)/b28-17-. The maximum Gasteiger partial charge on any atom is 0.677 e. The Bertz CT molecular complexity index is 1920. The van der Waals surface area contributed by atoms with Crippen LogP contribution in [0.4, 0.5) is 8.63 Å². The number of carboxylic acid groups (broad SMARTS) is 6. The van der Waals surface area contributed by atoms with Crippen LogP contribution in [0.3, 0.4) is 0 Å². The Morgan fingerprint density at radius 1 is 0.677 bits per heavy atom. The first-order valence-electron chi connectivity index (χ1n) is 19.9. The van der Waals surface area contributed by atoms with E-state index >= 15 is 0 Å². The number of halogens is 2. The molecule has 0 aliphatic carbocycles. The van der Waals surface area contributed by atoms with Crippen LogP contribution in [0.1, 0.15) is 94.1 Å². The van der Waals surface area contributed by atoms with E-state index in [4.69, 9.17) is 20.4 Å². The van der Waals surface area contributed by atoms with Crippen LogP contribution in [-0.4, -0.2) is 157 Å². The first kappa shape index (κ1) is 52.2. The molecule has 2 rings (SSSR count). The third-order valence-corrected chi connectivity index (χ3v) is 10.4. The van der Waals surface area contributed by atoms with Gasteiger partial charge in [0.05, 0.1) is 31.9 Å². The largest absolute Gasteiger partial charge is 0.677 e. The van der Waals surface area contributed by atoms with Crippen LogP contribution in [0.25, 0.3) is 6.08 Å². The number of nitrogens with one attached hydrogen (secondary N) is 2. The molecule has 0 saturated carbocycles. The number of hydrogen-bond donors (Lipinski definition) is 8. The van der Waals surface area contributed by atoms with Gasteiger partial charge >= 0.3 is 43.2 Å². The number of aliphatic carboxylic acids is 6. The lowest BCUT2D eigenvalue weighted by molar-refractivity contribution is -0.152. The van der Waals surface area contributed by atoms with Crippen molar-refractivity contribution in [1.29, 1.82) is 0 Å². The van der Waals surface area contributed by atoms with E-state index in [0.29, 0.717) is 41.0 Å². The smallest absolute Gasteiger partial charge is 0.480 e. The van der Waals surface area contributed by atoms with Gasteiger partial charge in [0.2, 0.25) is 11.8 Å². The van der Waals surface area contributed by atoms with E-state index in [0.717, 1.165) is 19.9 Å². The van der Waals surface area contributed by atoms with E-state index < -0.39 is 81.5 Å².